The van der Waals surface area contributed by atoms with Gasteiger partial charge < -0.3 is 24.1 Å². The van der Waals surface area contributed by atoms with Crippen LogP contribution in [-0.4, -0.2) is 65.2 Å². The van der Waals surface area contributed by atoms with E-state index < -0.39 is 60.1 Å². The smallest absolute Gasteiger partial charge is 0.303 e. The highest BCUT2D eigenvalue weighted by Gasteiger charge is 2.45. The summed E-state index contributed by atoms with van der Waals surface area (Å²) in [6, 6.07) is 0. The third-order valence-electron chi connectivity index (χ3n) is 2.61. The lowest BCUT2D eigenvalue weighted by atomic mass is 10.0. The minimum Gasteiger partial charge on any atom is -0.456 e. The minimum atomic E-state index is -1.86. The molecule has 0 aromatic carbocycles. The Morgan fingerprint density at radius 3 is 1.48 bits per heavy atom. The van der Waals surface area contributed by atoms with Gasteiger partial charge in [-0.3, -0.25) is 24.0 Å². The number of aliphatic hydroxyl groups excluding tert-OH is 1. The van der Waals surface area contributed by atoms with E-state index in [9.17, 15) is 29.1 Å². The molecule has 1 N–H and O–H groups in total. The van der Waals surface area contributed by atoms with E-state index >= 15 is 0 Å². The van der Waals surface area contributed by atoms with Crippen LogP contribution < -0.4 is 0 Å². The lowest BCUT2D eigenvalue weighted by molar-refractivity contribution is -0.200. The Labute approximate surface area is 148 Å². The summed E-state index contributed by atoms with van der Waals surface area (Å²) in [6.45, 7) is 3.10. The van der Waals surface area contributed by atoms with E-state index in [0.717, 1.165) is 27.7 Å². The van der Waals surface area contributed by atoms with Crippen LogP contribution in [0.5, 0.6) is 0 Å². The van der Waals surface area contributed by atoms with E-state index in [0.29, 0.717) is 0 Å². The second-order valence-electron chi connectivity index (χ2n) is 4.81. The van der Waals surface area contributed by atoms with E-state index in [4.69, 9.17) is 30.5 Å². The zero-order valence-corrected chi connectivity index (χ0v) is 14.8. The molecule has 0 saturated carbocycles. The van der Waals surface area contributed by atoms with Crippen molar-refractivity contribution in [3.8, 4) is 0 Å². The van der Waals surface area contributed by atoms with Gasteiger partial charge in [0.1, 0.15) is 0 Å². The molecule has 10 nitrogen and oxygen atoms in total. The summed E-state index contributed by atoms with van der Waals surface area (Å²) in [6.07, 6.45) is -6.80. The summed E-state index contributed by atoms with van der Waals surface area (Å²) in [4.78, 5) is 56.7. The van der Waals surface area contributed by atoms with Crippen LogP contribution in [0.1, 0.15) is 27.7 Å². The van der Waals surface area contributed by atoms with Gasteiger partial charge in [-0.25, -0.2) is 0 Å². The first-order valence-corrected chi connectivity index (χ1v) is 7.36. The standard InChI is InChI=1S/C14H19ClO10/c1-6(17)22-10(5-16)11(23-7(2)18)12(24-8(3)19)13(14(15)21)25-9(4)20/h10-13,16H,5H2,1-4H3/t10-,11-,12-,13-/m1/s1. The normalized spacial score (nSPS) is 15.1. The van der Waals surface area contributed by atoms with E-state index in [1.807, 2.05) is 0 Å². The van der Waals surface area contributed by atoms with Gasteiger partial charge in [0.05, 0.1) is 6.61 Å². The van der Waals surface area contributed by atoms with Crippen molar-refractivity contribution in [1.82, 2.24) is 0 Å². The largest absolute Gasteiger partial charge is 0.456 e. The molecule has 4 atom stereocenters. The van der Waals surface area contributed by atoms with Gasteiger partial charge in [-0.15, -0.1) is 0 Å². The highest BCUT2D eigenvalue weighted by molar-refractivity contribution is 6.64. The Hall–Kier alpha value is -2.20. The lowest BCUT2D eigenvalue weighted by Gasteiger charge is -2.33. The second kappa shape index (κ2) is 10.6. The molecular weight excluding hydrogens is 364 g/mol. The molecule has 0 heterocycles. The van der Waals surface area contributed by atoms with Crippen LogP contribution >= 0.6 is 11.6 Å². The first-order valence-electron chi connectivity index (χ1n) is 6.98. The molecular formula is C14H19ClO10. The highest BCUT2D eigenvalue weighted by Crippen LogP contribution is 2.21. The Bertz CT molecular complexity index is 532. The van der Waals surface area contributed by atoms with Gasteiger partial charge in [0, 0.05) is 27.7 Å². The zero-order valence-electron chi connectivity index (χ0n) is 14.0. The van der Waals surface area contributed by atoms with Crippen molar-refractivity contribution in [3.63, 3.8) is 0 Å². The van der Waals surface area contributed by atoms with Gasteiger partial charge in [0.25, 0.3) is 5.24 Å². The number of esters is 4. The van der Waals surface area contributed by atoms with Crippen LogP contribution in [0.25, 0.3) is 0 Å². The molecule has 0 aromatic rings. The molecule has 0 fully saturated rings. The molecule has 142 valence electrons. The van der Waals surface area contributed by atoms with Crippen molar-refractivity contribution in [3.05, 3.63) is 0 Å². The van der Waals surface area contributed by atoms with Crippen LogP contribution in [0.3, 0.4) is 0 Å². The maximum absolute atomic E-state index is 11.6. The Morgan fingerprint density at radius 1 is 0.760 bits per heavy atom. The topological polar surface area (TPSA) is 142 Å². The number of carbonyl (C=O) groups is 5. The van der Waals surface area contributed by atoms with Crippen LogP contribution in [0.15, 0.2) is 0 Å². The molecule has 0 amide bonds. The molecule has 0 radical (unpaired) electrons. The fourth-order valence-electron chi connectivity index (χ4n) is 1.88. The summed E-state index contributed by atoms with van der Waals surface area (Å²) in [5.74, 6) is -3.63. The molecule has 0 spiro atoms. The zero-order chi connectivity index (χ0) is 19.7. The molecule has 25 heavy (non-hydrogen) atoms. The number of carbonyl (C=O) groups excluding carboxylic acids is 5. The van der Waals surface area contributed by atoms with E-state index in [1.54, 1.807) is 0 Å². The van der Waals surface area contributed by atoms with Crippen LogP contribution in [0.4, 0.5) is 0 Å². The first kappa shape index (κ1) is 22.8. The predicted molar refractivity (Wildman–Crippen MR) is 80.2 cm³/mol. The highest BCUT2D eigenvalue weighted by atomic mass is 35.5. The minimum absolute atomic E-state index is 0.848. The van der Waals surface area contributed by atoms with Crippen molar-refractivity contribution >= 4 is 40.7 Å². The van der Waals surface area contributed by atoms with Gasteiger partial charge in [0.15, 0.2) is 18.3 Å². The molecule has 11 heteroatoms. The molecule has 0 aliphatic heterocycles. The van der Waals surface area contributed by atoms with Crippen LogP contribution in [0.2, 0.25) is 0 Å². The fourth-order valence-corrected chi connectivity index (χ4v) is 2.05. The van der Waals surface area contributed by atoms with E-state index in [2.05, 4.69) is 0 Å². The molecule has 0 bridgehead atoms. The van der Waals surface area contributed by atoms with E-state index in [1.165, 1.54) is 0 Å². The maximum Gasteiger partial charge on any atom is 0.303 e. The Balaban J connectivity index is 5.98. The van der Waals surface area contributed by atoms with Gasteiger partial charge >= 0.3 is 23.9 Å². The molecule has 0 unspecified atom stereocenters. The average molecular weight is 383 g/mol. The first-order chi connectivity index (χ1) is 11.5. The van der Waals surface area contributed by atoms with Gasteiger partial charge in [0.2, 0.25) is 6.10 Å². The van der Waals surface area contributed by atoms with Gasteiger partial charge in [-0.1, -0.05) is 0 Å². The van der Waals surface area contributed by atoms with E-state index in [-0.39, 0.29) is 0 Å². The maximum atomic E-state index is 11.6. The molecule has 0 rings (SSSR count). The van der Waals surface area contributed by atoms with Crippen molar-refractivity contribution in [2.45, 2.75) is 52.1 Å². The summed E-state index contributed by atoms with van der Waals surface area (Å²) in [7, 11) is 0. The second-order valence-corrected chi connectivity index (χ2v) is 5.19. The van der Waals surface area contributed by atoms with Crippen molar-refractivity contribution in [2.75, 3.05) is 6.61 Å². The Morgan fingerprint density at radius 2 is 1.16 bits per heavy atom. The number of ether oxygens (including phenoxy) is 4. The monoisotopic (exact) mass is 382 g/mol. The van der Waals surface area contributed by atoms with Crippen molar-refractivity contribution in [2.24, 2.45) is 0 Å². The SMILES string of the molecule is CC(=O)O[C@H]([C@H](OC(C)=O)[C@@H](CO)OC(C)=O)[C@@H](OC(C)=O)C(=O)Cl. The van der Waals surface area contributed by atoms with Crippen molar-refractivity contribution < 1.29 is 48.0 Å². The quantitative estimate of drug-likeness (QED) is 0.314. The number of aliphatic hydroxyl groups is 1. The average Bonchev–Trinajstić information content (AvgIpc) is 2.45. The van der Waals surface area contributed by atoms with Crippen molar-refractivity contribution in [1.29, 1.82) is 0 Å². The molecule has 0 saturated heterocycles. The molecule has 0 aromatic heterocycles. The molecule has 0 aliphatic carbocycles. The third kappa shape index (κ3) is 8.45. The molecule has 0 aliphatic rings. The van der Waals surface area contributed by atoms with Crippen LogP contribution in [0, 0.1) is 0 Å². The summed E-state index contributed by atoms with van der Waals surface area (Å²) < 4.78 is 19.4. The number of halogens is 1. The van der Waals surface area contributed by atoms with Crippen LogP contribution in [-0.2, 0) is 42.9 Å². The summed E-state index contributed by atoms with van der Waals surface area (Å²) in [5, 5.41) is 8.17. The predicted octanol–water partition coefficient (Wildman–Crippen LogP) is -0.529. The number of hydrogen-bond donors (Lipinski definition) is 1. The number of hydrogen-bond acceptors (Lipinski definition) is 10. The summed E-state index contributed by atoms with van der Waals surface area (Å²) in [5.41, 5.74) is 0. The van der Waals surface area contributed by atoms with Gasteiger partial charge in [-0.2, -0.15) is 0 Å². The third-order valence-corrected chi connectivity index (χ3v) is 2.82. The fraction of sp³-hybridized carbons (Fsp3) is 0.643. The lowest BCUT2D eigenvalue weighted by Crippen LogP contribution is -2.54. The Kier molecular flexibility index (Phi) is 9.69. The van der Waals surface area contributed by atoms with Gasteiger partial charge in [-0.05, 0) is 11.6 Å². The number of rotatable bonds is 9. The summed E-state index contributed by atoms with van der Waals surface area (Å²) >= 11 is 5.38.